The molecule has 0 atom stereocenters. The van der Waals surface area contributed by atoms with Crippen molar-refractivity contribution >= 4 is 17.2 Å². The van der Waals surface area contributed by atoms with Crippen molar-refractivity contribution in [3.63, 3.8) is 0 Å². The van der Waals surface area contributed by atoms with Crippen LogP contribution in [0.5, 0.6) is 17.2 Å². The lowest BCUT2D eigenvalue weighted by Gasteiger charge is -2.17. The smallest absolute Gasteiger partial charge is 0.255 e. The number of benzene rings is 2. The van der Waals surface area contributed by atoms with Gasteiger partial charge in [0.1, 0.15) is 18.0 Å². The number of nitrogens with zero attached hydrogens (tertiary/aromatic N) is 2. The van der Waals surface area contributed by atoms with E-state index in [4.69, 9.17) is 14.2 Å². The average Bonchev–Trinajstić information content (AvgIpc) is 3.52. The number of hydrogen-bond acceptors (Lipinski definition) is 5. The summed E-state index contributed by atoms with van der Waals surface area (Å²) >= 11 is 0. The first-order chi connectivity index (χ1) is 16.7. The summed E-state index contributed by atoms with van der Waals surface area (Å²) in [5, 5.41) is 2.95. The minimum atomic E-state index is -0.227. The van der Waals surface area contributed by atoms with E-state index >= 15 is 0 Å². The van der Waals surface area contributed by atoms with Crippen molar-refractivity contribution in [1.82, 2.24) is 9.38 Å². The molecule has 1 amide bonds. The fraction of sp³-hybridized carbons (Fsp3) is 0.259. The van der Waals surface area contributed by atoms with Crippen LogP contribution in [0, 0.1) is 0 Å². The van der Waals surface area contributed by atoms with E-state index < -0.39 is 0 Å². The van der Waals surface area contributed by atoms with Gasteiger partial charge in [0.15, 0.2) is 11.5 Å². The normalized spacial score (nSPS) is 13.7. The molecule has 34 heavy (non-hydrogen) atoms. The number of pyridine rings is 1. The monoisotopic (exact) mass is 457 g/mol. The third kappa shape index (κ3) is 4.98. The van der Waals surface area contributed by atoms with Gasteiger partial charge in [0.2, 0.25) is 0 Å². The van der Waals surface area contributed by atoms with Crippen LogP contribution >= 0.6 is 0 Å². The molecule has 1 fully saturated rings. The molecule has 7 heteroatoms. The van der Waals surface area contributed by atoms with Crippen LogP contribution in [0.3, 0.4) is 0 Å². The highest BCUT2D eigenvalue weighted by Crippen LogP contribution is 2.34. The Balaban J connectivity index is 1.25. The zero-order chi connectivity index (χ0) is 23.3. The number of hydrogen-bond donors (Lipinski definition) is 1. The Morgan fingerprint density at radius 3 is 2.76 bits per heavy atom. The number of methoxy groups -OCH3 is 1. The minimum Gasteiger partial charge on any atom is -0.493 e. The lowest BCUT2D eigenvalue weighted by Crippen LogP contribution is -2.14. The number of amides is 1. The second-order valence-electron chi connectivity index (χ2n) is 8.36. The van der Waals surface area contributed by atoms with Crippen molar-refractivity contribution in [2.75, 3.05) is 12.4 Å². The minimum absolute atomic E-state index is 0.196. The first kappa shape index (κ1) is 21.8. The predicted octanol–water partition coefficient (Wildman–Crippen LogP) is 5.50. The predicted molar refractivity (Wildman–Crippen MR) is 130 cm³/mol. The molecule has 0 aliphatic heterocycles. The molecule has 0 spiro atoms. The quantitative estimate of drug-likeness (QED) is 0.378. The second kappa shape index (κ2) is 9.87. The van der Waals surface area contributed by atoms with E-state index in [-0.39, 0.29) is 12.0 Å². The molecule has 2 aromatic carbocycles. The second-order valence-corrected chi connectivity index (χ2v) is 8.36. The maximum atomic E-state index is 12.9. The Morgan fingerprint density at radius 2 is 1.94 bits per heavy atom. The summed E-state index contributed by atoms with van der Waals surface area (Å²) in [5.41, 5.74) is 2.83. The highest BCUT2D eigenvalue weighted by atomic mass is 16.5. The number of fused-ring (bicyclic) bond motifs is 1. The van der Waals surface area contributed by atoms with Gasteiger partial charge in [-0.3, -0.25) is 4.79 Å². The molecule has 1 aliphatic rings. The van der Waals surface area contributed by atoms with Crippen molar-refractivity contribution in [2.45, 2.75) is 38.4 Å². The third-order valence-electron chi connectivity index (χ3n) is 5.91. The van der Waals surface area contributed by atoms with Crippen molar-refractivity contribution in [3.05, 3.63) is 84.3 Å². The summed E-state index contributed by atoms with van der Waals surface area (Å²) in [6.45, 7) is 0.313. The Morgan fingerprint density at radius 1 is 1.06 bits per heavy atom. The third-order valence-corrected chi connectivity index (χ3v) is 5.91. The van der Waals surface area contributed by atoms with Gasteiger partial charge in [0.05, 0.1) is 18.9 Å². The SMILES string of the molecule is COc1ccc(NC(=O)c2cccc(OCc3cn4ccccc4n3)c2)cc1OC1CCCC1. The van der Waals surface area contributed by atoms with Gasteiger partial charge < -0.3 is 23.9 Å². The lowest BCUT2D eigenvalue weighted by molar-refractivity contribution is 0.102. The highest BCUT2D eigenvalue weighted by molar-refractivity contribution is 6.04. The molecule has 7 nitrogen and oxygen atoms in total. The number of anilines is 1. The molecule has 0 unspecified atom stereocenters. The largest absolute Gasteiger partial charge is 0.493 e. The Bertz CT molecular complexity index is 1260. The van der Waals surface area contributed by atoms with E-state index in [1.807, 2.05) is 59.3 Å². The van der Waals surface area contributed by atoms with Crippen molar-refractivity contribution in [2.24, 2.45) is 0 Å². The number of carbonyl (C=O) groups is 1. The van der Waals surface area contributed by atoms with Crippen molar-refractivity contribution in [1.29, 1.82) is 0 Å². The van der Waals surface area contributed by atoms with E-state index in [2.05, 4.69) is 10.3 Å². The van der Waals surface area contributed by atoms with Crippen LogP contribution in [0.4, 0.5) is 5.69 Å². The van der Waals surface area contributed by atoms with E-state index in [0.717, 1.165) is 24.2 Å². The van der Waals surface area contributed by atoms with Gasteiger partial charge in [-0.05, 0) is 68.1 Å². The lowest BCUT2D eigenvalue weighted by atomic mass is 10.2. The fourth-order valence-corrected chi connectivity index (χ4v) is 4.18. The van der Waals surface area contributed by atoms with Gasteiger partial charge in [-0.1, -0.05) is 12.1 Å². The molecular weight excluding hydrogens is 430 g/mol. The molecule has 5 rings (SSSR count). The zero-order valence-electron chi connectivity index (χ0n) is 19.1. The van der Waals surface area contributed by atoms with Gasteiger partial charge in [0, 0.05) is 29.7 Å². The molecule has 2 heterocycles. The summed E-state index contributed by atoms with van der Waals surface area (Å²) in [4.78, 5) is 17.5. The molecule has 1 aliphatic carbocycles. The van der Waals surface area contributed by atoms with E-state index in [0.29, 0.717) is 35.1 Å². The Hall–Kier alpha value is -4.00. The Labute approximate surface area is 198 Å². The summed E-state index contributed by atoms with van der Waals surface area (Å²) in [6, 6.07) is 18.4. The van der Waals surface area contributed by atoms with Crippen LogP contribution < -0.4 is 19.5 Å². The van der Waals surface area contributed by atoms with E-state index in [9.17, 15) is 4.79 Å². The van der Waals surface area contributed by atoms with E-state index in [1.165, 1.54) is 12.8 Å². The van der Waals surface area contributed by atoms with Gasteiger partial charge in [0.25, 0.3) is 5.91 Å². The number of imidazole rings is 1. The van der Waals surface area contributed by atoms with Gasteiger partial charge >= 0.3 is 0 Å². The van der Waals surface area contributed by atoms with Crippen molar-refractivity contribution in [3.8, 4) is 17.2 Å². The standard InChI is InChI=1S/C27H27N3O4/c1-32-24-13-12-20(16-25(24)34-22-8-2-3-9-22)29-27(31)19-7-6-10-23(15-19)33-18-21-17-30-14-5-4-11-26(30)28-21/h4-7,10-17,22H,2-3,8-9,18H2,1H3,(H,29,31). The van der Waals surface area contributed by atoms with Gasteiger partial charge in [-0.2, -0.15) is 0 Å². The fourth-order valence-electron chi connectivity index (χ4n) is 4.18. The first-order valence-electron chi connectivity index (χ1n) is 11.5. The van der Waals surface area contributed by atoms with Crippen LogP contribution in [-0.4, -0.2) is 28.5 Å². The number of nitrogens with one attached hydrogen (secondary N) is 1. The molecule has 2 aromatic heterocycles. The molecule has 0 bridgehead atoms. The van der Waals surface area contributed by atoms with Crippen LogP contribution in [0.1, 0.15) is 41.7 Å². The number of aromatic nitrogens is 2. The highest BCUT2D eigenvalue weighted by Gasteiger charge is 2.19. The summed E-state index contributed by atoms with van der Waals surface area (Å²) < 4.78 is 19.4. The van der Waals surface area contributed by atoms with E-state index in [1.54, 1.807) is 25.3 Å². The number of carbonyl (C=O) groups excluding carboxylic acids is 1. The van der Waals surface area contributed by atoms with Crippen LogP contribution in [0.2, 0.25) is 0 Å². The summed E-state index contributed by atoms with van der Waals surface area (Å²) in [6.07, 6.45) is 8.52. The maximum absolute atomic E-state index is 12.9. The first-order valence-corrected chi connectivity index (χ1v) is 11.5. The zero-order valence-corrected chi connectivity index (χ0v) is 19.1. The average molecular weight is 458 g/mol. The summed E-state index contributed by atoms with van der Waals surface area (Å²) in [7, 11) is 1.62. The molecule has 4 aromatic rings. The van der Waals surface area contributed by atoms with Crippen LogP contribution in [-0.2, 0) is 6.61 Å². The number of ether oxygens (including phenoxy) is 3. The van der Waals surface area contributed by atoms with Crippen LogP contribution in [0.25, 0.3) is 5.65 Å². The maximum Gasteiger partial charge on any atom is 0.255 e. The topological polar surface area (TPSA) is 74.1 Å². The molecule has 1 saturated carbocycles. The van der Waals surface area contributed by atoms with Gasteiger partial charge in [-0.15, -0.1) is 0 Å². The Kier molecular flexibility index (Phi) is 6.33. The molecule has 1 N–H and O–H groups in total. The molecule has 0 saturated heterocycles. The molecular formula is C27H27N3O4. The summed E-state index contributed by atoms with van der Waals surface area (Å²) in [5.74, 6) is 1.68. The van der Waals surface area contributed by atoms with Crippen molar-refractivity contribution < 1.29 is 19.0 Å². The molecule has 0 radical (unpaired) electrons. The number of rotatable bonds is 8. The van der Waals surface area contributed by atoms with Crippen LogP contribution in [0.15, 0.2) is 73.1 Å². The van der Waals surface area contributed by atoms with Gasteiger partial charge in [-0.25, -0.2) is 4.98 Å². The molecule has 174 valence electrons.